The molecule has 1 saturated heterocycles. The number of piperidine rings is 1. The maximum Gasteiger partial charge on any atom is 0.347 e. The van der Waals surface area contributed by atoms with Crippen LogP contribution in [0.3, 0.4) is 0 Å². The van der Waals surface area contributed by atoms with E-state index in [-0.39, 0.29) is 16.7 Å². The van der Waals surface area contributed by atoms with Crippen LogP contribution in [0.4, 0.5) is 0 Å². The first kappa shape index (κ1) is 16.6. The van der Waals surface area contributed by atoms with Gasteiger partial charge in [-0.05, 0) is 32.8 Å². The predicted octanol–water partition coefficient (Wildman–Crippen LogP) is 2.39. The lowest BCUT2D eigenvalue weighted by Gasteiger charge is -2.31. The van der Waals surface area contributed by atoms with Gasteiger partial charge in [-0.15, -0.1) is 11.3 Å². The molecule has 2 aromatic heterocycles. The van der Waals surface area contributed by atoms with Gasteiger partial charge in [-0.2, -0.15) is 5.10 Å². The van der Waals surface area contributed by atoms with E-state index in [0.717, 1.165) is 23.5 Å². The summed E-state index contributed by atoms with van der Waals surface area (Å²) in [6, 6.07) is 1.83. The van der Waals surface area contributed by atoms with E-state index >= 15 is 0 Å². The molecule has 0 aliphatic carbocycles. The molecular weight excluding hydrogens is 328 g/mol. The van der Waals surface area contributed by atoms with Gasteiger partial charge in [0.2, 0.25) is 0 Å². The van der Waals surface area contributed by atoms with Gasteiger partial charge in [0.05, 0.1) is 16.9 Å². The number of aryl methyl sites for hydroxylation is 2. The summed E-state index contributed by atoms with van der Waals surface area (Å²) in [5.41, 5.74) is 1.48. The minimum absolute atomic E-state index is 0.0151. The van der Waals surface area contributed by atoms with Gasteiger partial charge < -0.3 is 10.0 Å². The van der Waals surface area contributed by atoms with Crippen LogP contribution in [0.15, 0.2) is 12.3 Å². The van der Waals surface area contributed by atoms with Gasteiger partial charge in [-0.3, -0.25) is 9.48 Å². The molecule has 1 fully saturated rings. The molecule has 2 aromatic rings. The van der Waals surface area contributed by atoms with Crippen molar-refractivity contribution < 1.29 is 14.7 Å². The molecule has 0 aromatic carbocycles. The van der Waals surface area contributed by atoms with Crippen LogP contribution >= 0.6 is 11.3 Å². The molecule has 1 N–H and O–H groups in total. The normalized spacial score (nSPS) is 15.7. The second-order valence-electron chi connectivity index (χ2n) is 5.92. The zero-order chi connectivity index (χ0) is 17.3. The zero-order valence-electron chi connectivity index (χ0n) is 13.7. The highest BCUT2D eigenvalue weighted by molar-refractivity contribution is 7.13. The number of amides is 1. The number of hydrogen-bond donors (Lipinski definition) is 1. The lowest BCUT2D eigenvalue weighted by atomic mass is 9.97. The van der Waals surface area contributed by atoms with Crippen LogP contribution in [0.1, 0.15) is 56.5 Å². The first-order chi connectivity index (χ1) is 11.5. The number of carbonyl (C=O) groups excluding carboxylic acids is 1. The van der Waals surface area contributed by atoms with Crippen LogP contribution in [0, 0.1) is 6.92 Å². The van der Waals surface area contributed by atoms with E-state index < -0.39 is 5.97 Å². The molecule has 8 heteroatoms. The maximum absolute atomic E-state index is 12.7. The third kappa shape index (κ3) is 3.19. The van der Waals surface area contributed by atoms with E-state index in [9.17, 15) is 9.59 Å². The molecule has 3 heterocycles. The topological polar surface area (TPSA) is 88.3 Å². The lowest BCUT2D eigenvalue weighted by molar-refractivity contribution is 0.0692. The Morgan fingerprint density at radius 2 is 2.08 bits per heavy atom. The van der Waals surface area contributed by atoms with E-state index in [1.54, 1.807) is 4.68 Å². The number of thiazole rings is 1. The van der Waals surface area contributed by atoms with Crippen molar-refractivity contribution in [2.75, 3.05) is 13.1 Å². The molecule has 0 atom stereocenters. The molecule has 1 aliphatic rings. The predicted molar refractivity (Wildman–Crippen MR) is 89.6 cm³/mol. The fourth-order valence-corrected chi connectivity index (χ4v) is 3.95. The minimum atomic E-state index is -0.936. The quantitative estimate of drug-likeness (QED) is 0.916. The van der Waals surface area contributed by atoms with Crippen molar-refractivity contribution in [2.24, 2.45) is 0 Å². The van der Waals surface area contributed by atoms with Gasteiger partial charge in [0.1, 0.15) is 10.6 Å². The SMILES string of the molecule is CCn1nc(C)cc1C(=O)N1CCC(c2ncc(C(=O)O)s2)CC1. The van der Waals surface area contributed by atoms with E-state index in [1.807, 2.05) is 24.8 Å². The molecule has 1 aliphatic heterocycles. The second kappa shape index (κ2) is 6.72. The molecule has 3 rings (SSSR count). The molecule has 24 heavy (non-hydrogen) atoms. The average molecular weight is 348 g/mol. The number of nitrogens with zero attached hydrogens (tertiary/aromatic N) is 4. The van der Waals surface area contributed by atoms with Crippen molar-refractivity contribution >= 4 is 23.2 Å². The summed E-state index contributed by atoms with van der Waals surface area (Å²) in [6.07, 6.45) is 3.03. The van der Waals surface area contributed by atoms with Crippen LogP contribution < -0.4 is 0 Å². The number of aromatic nitrogens is 3. The highest BCUT2D eigenvalue weighted by Crippen LogP contribution is 2.31. The molecular formula is C16H20N4O3S. The molecule has 0 saturated carbocycles. The number of rotatable bonds is 4. The maximum atomic E-state index is 12.7. The fourth-order valence-electron chi connectivity index (χ4n) is 3.03. The van der Waals surface area contributed by atoms with Crippen molar-refractivity contribution in [2.45, 2.75) is 39.2 Å². The lowest BCUT2D eigenvalue weighted by Crippen LogP contribution is -2.38. The summed E-state index contributed by atoms with van der Waals surface area (Å²) < 4.78 is 1.74. The Kier molecular flexibility index (Phi) is 4.66. The average Bonchev–Trinajstić information content (AvgIpc) is 3.21. The van der Waals surface area contributed by atoms with Gasteiger partial charge >= 0.3 is 5.97 Å². The standard InChI is InChI=1S/C16H20N4O3S/c1-3-20-12(8-10(2)18-20)15(21)19-6-4-11(5-7-19)14-17-9-13(24-14)16(22)23/h8-9,11H,3-7H2,1-2H3,(H,22,23). The monoisotopic (exact) mass is 348 g/mol. The van der Waals surface area contributed by atoms with Crippen LogP contribution in [0.2, 0.25) is 0 Å². The summed E-state index contributed by atoms with van der Waals surface area (Å²) >= 11 is 1.23. The van der Waals surface area contributed by atoms with Gasteiger partial charge in [0.25, 0.3) is 5.91 Å². The Morgan fingerprint density at radius 1 is 1.38 bits per heavy atom. The molecule has 0 radical (unpaired) electrons. The summed E-state index contributed by atoms with van der Waals surface area (Å²) in [5.74, 6) is -0.694. The van der Waals surface area contributed by atoms with Gasteiger partial charge in [-0.1, -0.05) is 0 Å². The Labute approximate surface area is 143 Å². The molecule has 1 amide bonds. The zero-order valence-corrected chi connectivity index (χ0v) is 14.5. The Balaban J connectivity index is 1.65. The molecule has 0 unspecified atom stereocenters. The van der Waals surface area contributed by atoms with Crippen LogP contribution in [0.5, 0.6) is 0 Å². The summed E-state index contributed by atoms with van der Waals surface area (Å²) in [5, 5.41) is 14.2. The van der Waals surface area contributed by atoms with Crippen molar-refractivity contribution in [3.63, 3.8) is 0 Å². The highest BCUT2D eigenvalue weighted by atomic mass is 32.1. The molecule has 0 spiro atoms. The largest absolute Gasteiger partial charge is 0.477 e. The first-order valence-corrected chi connectivity index (χ1v) is 8.84. The molecule has 128 valence electrons. The van der Waals surface area contributed by atoms with Gasteiger partial charge in [0.15, 0.2) is 0 Å². The second-order valence-corrected chi connectivity index (χ2v) is 6.98. The number of aromatic carboxylic acids is 1. The Bertz CT molecular complexity index is 759. The van der Waals surface area contributed by atoms with Crippen molar-refractivity contribution in [3.05, 3.63) is 33.5 Å². The molecule has 7 nitrogen and oxygen atoms in total. The van der Waals surface area contributed by atoms with E-state index in [4.69, 9.17) is 5.11 Å². The number of hydrogen-bond acceptors (Lipinski definition) is 5. The smallest absolute Gasteiger partial charge is 0.347 e. The van der Waals surface area contributed by atoms with Gasteiger partial charge in [-0.25, -0.2) is 9.78 Å². The number of carbonyl (C=O) groups is 2. The summed E-state index contributed by atoms with van der Waals surface area (Å²) in [7, 11) is 0. The number of likely N-dealkylation sites (tertiary alicyclic amines) is 1. The van der Waals surface area contributed by atoms with E-state index in [0.29, 0.717) is 25.3 Å². The van der Waals surface area contributed by atoms with Crippen LogP contribution in [-0.4, -0.2) is 49.7 Å². The third-order valence-electron chi connectivity index (χ3n) is 4.29. The summed E-state index contributed by atoms with van der Waals surface area (Å²) in [4.78, 5) is 30.0. The first-order valence-electron chi connectivity index (χ1n) is 8.02. The van der Waals surface area contributed by atoms with E-state index in [1.165, 1.54) is 17.5 Å². The van der Waals surface area contributed by atoms with Crippen molar-refractivity contribution in [3.8, 4) is 0 Å². The molecule has 0 bridgehead atoms. The van der Waals surface area contributed by atoms with Crippen molar-refractivity contribution in [1.82, 2.24) is 19.7 Å². The number of carboxylic acid groups (broad SMARTS) is 1. The Hall–Kier alpha value is -2.22. The third-order valence-corrected chi connectivity index (χ3v) is 5.43. The highest BCUT2D eigenvalue weighted by Gasteiger charge is 2.28. The van der Waals surface area contributed by atoms with Gasteiger partial charge in [0, 0.05) is 25.6 Å². The van der Waals surface area contributed by atoms with Crippen molar-refractivity contribution in [1.29, 1.82) is 0 Å². The fraction of sp³-hybridized carbons (Fsp3) is 0.500. The summed E-state index contributed by atoms with van der Waals surface area (Å²) in [6.45, 7) is 5.83. The van der Waals surface area contributed by atoms with E-state index in [2.05, 4.69) is 10.1 Å². The van der Waals surface area contributed by atoms with Crippen LogP contribution in [-0.2, 0) is 6.54 Å². The minimum Gasteiger partial charge on any atom is -0.477 e. The van der Waals surface area contributed by atoms with Crippen LogP contribution in [0.25, 0.3) is 0 Å². The number of carboxylic acids is 1. The Morgan fingerprint density at radius 3 is 2.67 bits per heavy atom.